The maximum absolute atomic E-state index is 10.6. The molecule has 0 unspecified atom stereocenters. The molecule has 0 aliphatic carbocycles. The van der Waals surface area contributed by atoms with Gasteiger partial charge in [0.25, 0.3) is 0 Å². The molecule has 0 aliphatic heterocycles. The molecule has 0 amide bonds. The highest BCUT2D eigenvalue weighted by Gasteiger charge is 2.17. The molecular weight excluding hydrogens is 212 g/mol. The van der Waals surface area contributed by atoms with E-state index < -0.39 is 5.97 Å². The Hall–Kier alpha value is -0.480. The van der Waals surface area contributed by atoms with Gasteiger partial charge in [0, 0.05) is 0 Å². The predicted molar refractivity (Wildman–Crippen MR) is 63.9 cm³/mol. The molecule has 0 fully saturated rings. The zero-order chi connectivity index (χ0) is 11.9. The van der Waals surface area contributed by atoms with Crippen molar-refractivity contribution in [2.45, 2.75) is 51.4 Å². The van der Waals surface area contributed by atoms with Gasteiger partial charge in [0.1, 0.15) is 0 Å². The van der Waals surface area contributed by atoms with Gasteiger partial charge in [-0.05, 0) is 39.2 Å². The maximum Gasteiger partial charge on any atom is 0.304 e. The van der Waals surface area contributed by atoms with Crippen LogP contribution in [-0.4, -0.2) is 21.9 Å². The third-order valence-electron chi connectivity index (χ3n) is 1.38. The van der Waals surface area contributed by atoms with Gasteiger partial charge < -0.3 is 9.29 Å². The Labute approximate surface area is 96.1 Å². The highest BCUT2D eigenvalue weighted by Crippen LogP contribution is 2.24. The number of hydrogen-bond donors (Lipinski definition) is 1. The van der Waals surface area contributed by atoms with Crippen molar-refractivity contribution in [1.82, 2.24) is 0 Å². The molecule has 0 aromatic rings. The third kappa shape index (κ3) is 9.82. The van der Waals surface area contributed by atoms with Gasteiger partial charge >= 0.3 is 5.97 Å². The van der Waals surface area contributed by atoms with Crippen LogP contribution in [0.25, 0.3) is 0 Å². The number of allylic oxidation sites excluding steroid dienone is 1. The largest absolute Gasteiger partial charge is 0.481 e. The summed E-state index contributed by atoms with van der Waals surface area (Å²) in [5, 5.41) is 8.60. The number of aliphatic carboxylic acids is 1. The highest BCUT2D eigenvalue weighted by atomic mass is 32.2. The summed E-state index contributed by atoms with van der Waals surface area (Å²) in [7, 11) is 0. The fourth-order valence-corrected chi connectivity index (χ4v) is 1.60. The summed E-state index contributed by atoms with van der Waals surface area (Å²) >= 11 is 1.23. The van der Waals surface area contributed by atoms with Gasteiger partial charge in [-0.2, -0.15) is 0 Å². The van der Waals surface area contributed by atoms with Crippen LogP contribution >= 0.6 is 12.0 Å². The van der Waals surface area contributed by atoms with Crippen LogP contribution in [0.1, 0.15) is 40.5 Å². The van der Waals surface area contributed by atoms with E-state index in [2.05, 4.69) is 0 Å². The number of rotatable bonds is 6. The molecule has 0 aromatic heterocycles. The summed E-state index contributed by atoms with van der Waals surface area (Å²) in [6, 6.07) is 0. The van der Waals surface area contributed by atoms with E-state index in [0.717, 1.165) is 6.42 Å². The van der Waals surface area contributed by atoms with Gasteiger partial charge in [0.15, 0.2) is 0 Å². The molecule has 3 nitrogen and oxygen atoms in total. The fraction of sp³-hybridized carbons (Fsp3) is 0.727. The quantitative estimate of drug-likeness (QED) is 0.564. The van der Waals surface area contributed by atoms with Crippen molar-refractivity contribution < 1.29 is 14.1 Å². The minimum absolute atomic E-state index is 0.0945. The Bertz CT molecular complexity index is 218. The molecule has 1 atom stereocenters. The maximum atomic E-state index is 10.6. The lowest BCUT2D eigenvalue weighted by Crippen LogP contribution is -2.18. The van der Waals surface area contributed by atoms with E-state index in [-0.39, 0.29) is 17.3 Å². The molecule has 0 aliphatic rings. The van der Waals surface area contributed by atoms with Crippen LogP contribution in [0.4, 0.5) is 0 Å². The van der Waals surface area contributed by atoms with E-state index in [0.29, 0.717) is 0 Å². The molecule has 4 heteroatoms. The minimum atomic E-state index is -0.800. The van der Waals surface area contributed by atoms with Gasteiger partial charge in [0.05, 0.1) is 17.3 Å². The van der Waals surface area contributed by atoms with Crippen molar-refractivity contribution >= 4 is 18.0 Å². The molecule has 0 spiro atoms. The fourth-order valence-electron chi connectivity index (χ4n) is 0.800. The Kier molecular flexibility index (Phi) is 6.68. The lowest BCUT2D eigenvalue weighted by Gasteiger charge is -2.20. The first-order valence-corrected chi connectivity index (χ1v) is 5.88. The van der Waals surface area contributed by atoms with Crippen LogP contribution in [0.3, 0.4) is 0 Å². The Balaban J connectivity index is 4.12. The van der Waals surface area contributed by atoms with E-state index in [4.69, 9.17) is 9.29 Å². The topological polar surface area (TPSA) is 46.5 Å². The molecule has 0 rings (SSSR count). The van der Waals surface area contributed by atoms with Crippen molar-refractivity contribution in [3.05, 3.63) is 12.2 Å². The smallest absolute Gasteiger partial charge is 0.304 e. The van der Waals surface area contributed by atoms with Crippen LogP contribution in [0.2, 0.25) is 0 Å². The zero-order valence-corrected chi connectivity index (χ0v) is 10.6. The van der Waals surface area contributed by atoms with E-state index in [9.17, 15) is 4.79 Å². The minimum Gasteiger partial charge on any atom is -0.481 e. The SMILES string of the molecule is CCC=C[C@@H](CC(=O)O)SOC(C)(C)C. The molecule has 88 valence electrons. The van der Waals surface area contributed by atoms with E-state index in [1.54, 1.807) is 0 Å². The second-order valence-electron chi connectivity index (χ2n) is 4.26. The monoisotopic (exact) mass is 232 g/mol. The molecule has 0 saturated heterocycles. The van der Waals surface area contributed by atoms with Crippen LogP contribution in [0.15, 0.2) is 12.2 Å². The third-order valence-corrected chi connectivity index (χ3v) is 2.55. The highest BCUT2D eigenvalue weighted by molar-refractivity contribution is 7.95. The van der Waals surface area contributed by atoms with Crippen LogP contribution < -0.4 is 0 Å². The Morgan fingerprint density at radius 3 is 2.53 bits per heavy atom. The second kappa shape index (κ2) is 6.90. The summed E-state index contributed by atoms with van der Waals surface area (Å²) < 4.78 is 5.49. The summed E-state index contributed by atoms with van der Waals surface area (Å²) in [5.74, 6) is -0.800. The molecule has 1 N–H and O–H groups in total. The van der Waals surface area contributed by atoms with E-state index in [1.807, 2.05) is 39.8 Å². The molecule has 0 radical (unpaired) electrons. The van der Waals surface area contributed by atoms with Crippen molar-refractivity contribution in [1.29, 1.82) is 0 Å². The predicted octanol–water partition coefficient (Wildman–Crippen LogP) is 3.26. The van der Waals surface area contributed by atoms with Crippen molar-refractivity contribution in [2.75, 3.05) is 0 Å². The zero-order valence-electron chi connectivity index (χ0n) is 9.82. The molecule has 0 saturated carbocycles. The van der Waals surface area contributed by atoms with Gasteiger partial charge in [-0.3, -0.25) is 4.79 Å². The van der Waals surface area contributed by atoms with Crippen LogP contribution in [0.5, 0.6) is 0 Å². The molecule has 0 bridgehead atoms. The first kappa shape index (κ1) is 14.5. The number of hydrogen-bond acceptors (Lipinski definition) is 3. The van der Waals surface area contributed by atoms with Gasteiger partial charge in [-0.25, -0.2) is 0 Å². The standard InChI is InChI=1S/C11H20O3S/c1-5-6-7-9(8-10(12)13)15-14-11(2,3)4/h6-7,9H,5,8H2,1-4H3,(H,12,13)/t9-/m0/s1. The summed E-state index contributed by atoms with van der Waals surface area (Å²) in [6.07, 6.45) is 4.86. The van der Waals surface area contributed by atoms with Gasteiger partial charge in [0.2, 0.25) is 0 Å². The molecule has 15 heavy (non-hydrogen) atoms. The summed E-state index contributed by atoms with van der Waals surface area (Å²) in [4.78, 5) is 10.6. The Morgan fingerprint density at radius 1 is 1.53 bits per heavy atom. The lowest BCUT2D eigenvalue weighted by molar-refractivity contribution is -0.136. The Morgan fingerprint density at radius 2 is 2.13 bits per heavy atom. The van der Waals surface area contributed by atoms with Gasteiger partial charge in [-0.15, -0.1) is 0 Å². The van der Waals surface area contributed by atoms with E-state index >= 15 is 0 Å². The summed E-state index contributed by atoms with van der Waals surface area (Å²) in [5.41, 5.74) is -0.249. The second-order valence-corrected chi connectivity index (χ2v) is 5.23. The molecular formula is C11H20O3S. The van der Waals surface area contributed by atoms with Crippen LogP contribution in [-0.2, 0) is 8.98 Å². The number of carboxylic acids is 1. The average molecular weight is 232 g/mol. The van der Waals surface area contributed by atoms with Crippen molar-refractivity contribution in [3.8, 4) is 0 Å². The normalized spacial score (nSPS) is 14.4. The number of carbonyl (C=O) groups is 1. The van der Waals surface area contributed by atoms with Crippen molar-refractivity contribution in [2.24, 2.45) is 0 Å². The molecule has 0 aromatic carbocycles. The lowest BCUT2D eigenvalue weighted by atomic mass is 10.2. The van der Waals surface area contributed by atoms with Crippen LogP contribution in [0, 0.1) is 0 Å². The first-order chi connectivity index (χ1) is 6.85. The summed E-state index contributed by atoms with van der Waals surface area (Å²) in [6.45, 7) is 7.85. The first-order valence-electron chi connectivity index (χ1n) is 5.08. The molecule has 0 heterocycles. The average Bonchev–Trinajstić information content (AvgIpc) is 2.07. The number of carboxylic acid groups (broad SMARTS) is 1. The van der Waals surface area contributed by atoms with E-state index in [1.165, 1.54) is 12.0 Å². The van der Waals surface area contributed by atoms with Crippen molar-refractivity contribution in [3.63, 3.8) is 0 Å². The van der Waals surface area contributed by atoms with Gasteiger partial charge in [-0.1, -0.05) is 19.1 Å².